The molecule has 4 bridgehead atoms. The zero-order chi connectivity index (χ0) is 11.1. The Balaban J connectivity index is 1.65. The normalized spacial score (nSPS) is 44.7. The highest BCUT2D eigenvalue weighted by atomic mass is 32.1. The van der Waals surface area contributed by atoms with E-state index in [4.69, 9.17) is 0 Å². The van der Waals surface area contributed by atoms with E-state index in [1.54, 1.807) is 0 Å². The molecule has 90 valence electrons. The van der Waals surface area contributed by atoms with Crippen LogP contribution in [-0.4, -0.2) is 17.7 Å². The zero-order valence-electron chi connectivity index (χ0n) is 9.69. The van der Waals surface area contributed by atoms with E-state index < -0.39 is 0 Å². The molecule has 0 unspecified atom stereocenters. The number of hydrogen-bond donors (Lipinski definition) is 2. The van der Waals surface area contributed by atoms with E-state index in [0.717, 1.165) is 23.7 Å². The molecule has 4 saturated carbocycles. The highest BCUT2D eigenvalue weighted by molar-refractivity contribution is 7.80. The van der Waals surface area contributed by atoms with Crippen LogP contribution in [-0.2, 0) is 4.79 Å². The van der Waals surface area contributed by atoms with Crippen molar-refractivity contribution in [2.45, 2.75) is 44.6 Å². The summed E-state index contributed by atoms with van der Waals surface area (Å²) in [6.07, 6.45) is 7.55. The van der Waals surface area contributed by atoms with Crippen molar-refractivity contribution >= 4 is 18.5 Å². The standard InChI is InChI=1S/C13H21NOS/c15-12(1-2-16)14-13-10-4-8-3-9(6-10)7-11(13)5-8/h8-11,13,16H,1-7H2,(H,14,15). The van der Waals surface area contributed by atoms with E-state index in [2.05, 4.69) is 17.9 Å². The predicted octanol–water partition coefficient (Wildman–Crippen LogP) is 2.25. The summed E-state index contributed by atoms with van der Waals surface area (Å²) in [5.74, 6) is 4.44. The van der Waals surface area contributed by atoms with Crippen molar-refractivity contribution in [3.63, 3.8) is 0 Å². The van der Waals surface area contributed by atoms with Crippen LogP contribution in [0.2, 0.25) is 0 Å². The van der Waals surface area contributed by atoms with Crippen LogP contribution in [0.3, 0.4) is 0 Å². The Hall–Kier alpha value is -0.180. The molecule has 0 radical (unpaired) electrons. The van der Waals surface area contributed by atoms with Crippen LogP contribution < -0.4 is 5.32 Å². The molecule has 0 aromatic rings. The Labute approximate surface area is 103 Å². The Bertz CT molecular complexity index is 264. The SMILES string of the molecule is O=C(CCS)NC1C2CC3CC(C2)CC1C3. The molecule has 4 fully saturated rings. The first kappa shape index (κ1) is 10.9. The van der Waals surface area contributed by atoms with Crippen molar-refractivity contribution in [1.82, 2.24) is 5.32 Å². The number of carbonyl (C=O) groups is 1. The zero-order valence-corrected chi connectivity index (χ0v) is 10.6. The van der Waals surface area contributed by atoms with Gasteiger partial charge in [-0.1, -0.05) is 0 Å². The molecule has 0 aliphatic heterocycles. The van der Waals surface area contributed by atoms with Gasteiger partial charge in [0.15, 0.2) is 0 Å². The number of amides is 1. The Morgan fingerprint density at radius 2 is 1.62 bits per heavy atom. The Morgan fingerprint density at radius 3 is 2.12 bits per heavy atom. The molecule has 1 amide bonds. The monoisotopic (exact) mass is 239 g/mol. The minimum absolute atomic E-state index is 0.215. The van der Waals surface area contributed by atoms with Gasteiger partial charge in [0.05, 0.1) is 0 Å². The highest BCUT2D eigenvalue weighted by Gasteiger charge is 2.48. The molecule has 0 aromatic heterocycles. The molecular weight excluding hydrogens is 218 g/mol. The van der Waals surface area contributed by atoms with Crippen molar-refractivity contribution in [2.75, 3.05) is 5.75 Å². The predicted molar refractivity (Wildman–Crippen MR) is 67.4 cm³/mol. The maximum Gasteiger partial charge on any atom is 0.221 e. The Morgan fingerprint density at radius 1 is 1.06 bits per heavy atom. The summed E-state index contributed by atoms with van der Waals surface area (Å²) in [4.78, 5) is 11.7. The lowest BCUT2D eigenvalue weighted by molar-refractivity contribution is -0.124. The first-order chi connectivity index (χ1) is 7.76. The van der Waals surface area contributed by atoms with Gasteiger partial charge in [0.1, 0.15) is 0 Å². The summed E-state index contributed by atoms with van der Waals surface area (Å²) < 4.78 is 0. The van der Waals surface area contributed by atoms with Gasteiger partial charge in [-0.05, 0) is 61.5 Å². The van der Waals surface area contributed by atoms with E-state index >= 15 is 0 Å². The fourth-order valence-corrected chi connectivity index (χ4v) is 4.72. The second kappa shape index (κ2) is 4.25. The third kappa shape index (κ3) is 1.87. The maximum absolute atomic E-state index is 11.7. The first-order valence-electron chi connectivity index (χ1n) is 6.66. The number of thiol groups is 1. The average Bonchev–Trinajstić information content (AvgIpc) is 2.23. The maximum atomic E-state index is 11.7. The molecule has 0 saturated heterocycles. The number of hydrogen-bond acceptors (Lipinski definition) is 2. The lowest BCUT2D eigenvalue weighted by atomic mass is 9.54. The van der Waals surface area contributed by atoms with Crippen molar-refractivity contribution in [3.8, 4) is 0 Å². The van der Waals surface area contributed by atoms with Gasteiger partial charge in [0.2, 0.25) is 5.91 Å². The highest BCUT2D eigenvalue weighted by Crippen LogP contribution is 2.53. The second-order valence-electron chi connectivity index (χ2n) is 6.00. The summed E-state index contributed by atoms with van der Waals surface area (Å²) in [5.41, 5.74) is 0. The van der Waals surface area contributed by atoms with Gasteiger partial charge >= 0.3 is 0 Å². The van der Waals surface area contributed by atoms with Gasteiger partial charge in [0, 0.05) is 12.5 Å². The van der Waals surface area contributed by atoms with Crippen LogP contribution >= 0.6 is 12.6 Å². The summed E-state index contributed by atoms with van der Waals surface area (Å²) in [7, 11) is 0. The third-order valence-corrected chi connectivity index (χ3v) is 5.12. The fourth-order valence-electron chi connectivity index (χ4n) is 4.52. The molecule has 3 heteroatoms. The lowest BCUT2D eigenvalue weighted by Crippen LogP contribution is -2.55. The lowest BCUT2D eigenvalue weighted by Gasteiger charge is -2.54. The number of carbonyl (C=O) groups excluding carboxylic acids is 1. The van der Waals surface area contributed by atoms with Gasteiger partial charge in [-0.2, -0.15) is 12.6 Å². The molecule has 4 aliphatic carbocycles. The topological polar surface area (TPSA) is 29.1 Å². The molecule has 16 heavy (non-hydrogen) atoms. The minimum atomic E-state index is 0.215. The average molecular weight is 239 g/mol. The number of rotatable bonds is 3. The van der Waals surface area contributed by atoms with Gasteiger partial charge in [-0.25, -0.2) is 0 Å². The van der Waals surface area contributed by atoms with Crippen LogP contribution in [0.1, 0.15) is 38.5 Å². The van der Waals surface area contributed by atoms with Crippen molar-refractivity contribution in [1.29, 1.82) is 0 Å². The van der Waals surface area contributed by atoms with Crippen LogP contribution in [0, 0.1) is 23.7 Å². The molecule has 0 atom stereocenters. The van der Waals surface area contributed by atoms with Gasteiger partial charge in [-0.3, -0.25) is 4.79 Å². The van der Waals surface area contributed by atoms with E-state index in [0.29, 0.717) is 18.2 Å². The molecule has 2 nitrogen and oxygen atoms in total. The van der Waals surface area contributed by atoms with Gasteiger partial charge in [0.25, 0.3) is 0 Å². The summed E-state index contributed by atoms with van der Waals surface area (Å²) in [6, 6.07) is 0.500. The van der Waals surface area contributed by atoms with Gasteiger partial charge < -0.3 is 5.32 Å². The van der Waals surface area contributed by atoms with E-state index in [9.17, 15) is 4.79 Å². The van der Waals surface area contributed by atoms with Crippen LogP contribution in [0.5, 0.6) is 0 Å². The Kier molecular flexibility index (Phi) is 2.90. The fraction of sp³-hybridized carbons (Fsp3) is 0.923. The molecular formula is C13H21NOS. The summed E-state index contributed by atoms with van der Waals surface area (Å²) >= 11 is 4.12. The van der Waals surface area contributed by atoms with Crippen molar-refractivity contribution in [3.05, 3.63) is 0 Å². The van der Waals surface area contributed by atoms with Crippen LogP contribution in [0.15, 0.2) is 0 Å². The second-order valence-corrected chi connectivity index (χ2v) is 6.44. The van der Waals surface area contributed by atoms with E-state index in [1.165, 1.54) is 32.1 Å². The first-order valence-corrected chi connectivity index (χ1v) is 7.29. The smallest absolute Gasteiger partial charge is 0.221 e. The van der Waals surface area contributed by atoms with Crippen LogP contribution in [0.25, 0.3) is 0 Å². The largest absolute Gasteiger partial charge is 0.353 e. The molecule has 4 aliphatic rings. The van der Waals surface area contributed by atoms with Crippen LogP contribution in [0.4, 0.5) is 0 Å². The van der Waals surface area contributed by atoms with E-state index in [-0.39, 0.29) is 5.91 Å². The molecule has 0 spiro atoms. The third-order valence-electron chi connectivity index (χ3n) is 4.89. The number of nitrogens with one attached hydrogen (secondary N) is 1. The molecule has 0 aromatic carbocycles. The summed E-state index contributed by atoms with van der Waals surface area (Å²) in [5, 5.41) is 3.28. The van der Waals surface area contributed by atoms with Crippen molar-refractivity contribution in [2.24, 2.45) is 23.7 Å². The minimum Gasteiger partial charge on any atom is -0.353 e. The molecule has 4 rings (SSSR count). The molecule has 1 N–H and O–H groups in total. The summed E-state index contributed by atoms with van der Waals surface area (Å²) in [6.45, 7) is 0. The quantitative estimate of drug-likeness (QED) is 0.727. The van der Waals surface area contributed by atoms with E-state index in [1.807, 2.05) is 0 Å². The van der Waals surface area contributed by atoms with Gasteiger partial charge in [-0.15, -0.1) is 0 Å². The molecule has 0 heterocycles. The van der Waals surface area contributed by atoms with Crippen molar-refractivity contribution < 1.29 is 4.79 Å².